The zero-order chi connectivity index (χ0) is 16.9. The van der Waals surface area contributed by atoms with Gasteiger partial charge in [0, 0.05) is 13.3 Å². The third-order valence-corrected chi connectivity index (χ3v) is 2.91. The second-order valence-corrected chi connectivity index (χ2v) is 4.76. The fourth-order valence-electron chi connectivity index (χ4n) is 2.06. The van der Waals surface area contributed by atoms with Crippen molar-refractivity contribution in [2.75, 3.05) is 0 Å². The van der Waals surface area contributed by atoms with Gasteiger partial charge in [0.25, 0.3) is 0 Å². The minimum Gasteiger partial charge on any atom is -0.473 e. The van der Waals surface area contributed by atoms with Gasteiger partial charge in [-0.1, -0.05) is 6.08 Å². The van der Waals surface area contributed by atoms with E-state index >= 15 is 0 Å². The van der Waals surface area contributed by atoms with Crippen LogP contribution >= 0.6 is 0 Å². The van der Waals surface area contributed by atoms with Gasteiger partial charge >= 0.3 is 18.1 Å². The summed E-state index contributed by atoms with van der Waals surface area (Å²) >= 11 is 0. The molecule has 0 aromatic rings. The van der Waals surface area contributed by atoms with Gasteiger partial charge in [-0.15, -0.1) is 0 Å². The van der Waals surface area contributed by atoms with E-state index in [1.165, 1.54) is 13.2 Å². The van der Waals surface area contributed by atoms with Crippen molar-refractivity contribution in [1.82, 2.24) is 5.32 Å². The lowest BCUT2D eigenvalue weighted by molar-refractivity contribution is -0.219. The van der Waals surface area contributed by atoms with Crippen LogP contribution in [0.3, 0.4) is 0 Å². The highest BCUT2D eigenvalue weighted by Crippen LogP contribution is 2.25. The average molecular weight is 325 g/mol. The summed E-state index contributed by atoms with van der Waals surface area (Å²) < 4.78 is 52.7. The highest BCUT2D eigenvalue weighted by atomic mass is 19.4. The van der Waals surface area contributed by atoms with Crippen molar-refractivity contribution < 1.29 is 37.0 Å². The lowest BCUT2D eigenvalue weighted by Crippen LogP contribution is -2.58. The lowest BCUT2D eigenvalue weighted by atomic mass is 9.99. The number of esters is 1. The number of carbonyl (C=O) groups excluding carboxylic acids is 2. The zero-order valence-corrected chi connectivity index (χ0v) is 12.3. The van der Waals surface area contributed by atoms with Gasteiger partial charge < -0.3 is 19.5 Å². The van der Waals surface area contributed by atoms with Crippen LogP contribution in [-0.4, -0.2) is 42.6 Å². The first kappa shape index (κ1) is 18.3. The minimum absolute atomic E-state index is 0.0888. The third-order valence-electron chi connectivity index (χ3n) is 2.91. The van der Waals surface area contributed by atoms with Gasteiger partial charge in [-0.25, -0.2) is 0 Å². The quantitative estimate of drug-likeness (QED) is 0.628. The fraction of sp³-hybridized carbons (Fsp3) is 0.692. The maximum Gasteiger partial charge on any atom is 0.471 e. The van der Waals surface area contributed by atoms with E-state index in [0.29, 0.717) is 0 Å². The van der Waals surface area contributed by atoms with E-state index in [2.05, 4.69) is 0 Å². The van der Waals surface area contributed by atoms with Crippen molar-refractivity contribution in [3.05, 3.63) is 12.3 Å². The van der Waals surface area contributed by atoms with Crippen molar-refractivity contribution >= 4 is 11.9 Å². The van der Waals surface area contributed by atoms with Crippen LogP contribution in [0, 0.1) is 0 Å². The van der Waals surface area contributed by atoms with E-state index in [0.717, 1.165) is 6.92 Å². The normalized spacial score (nSPS) is 29.2. The van der Waals surface area contributed by atoms with Gasteiger partial charge in [-0.3, -0.25) is 9.59 Å². The molecule has 126 valence electrons. The van der Waals surface area contributed by atoms with Crippen molar-refractivity contribution in [1.29, 1.82) is 0 Å². The molecule has 22 heavy (non-hydrogen) atoms. The Bertz CT molecular complexity index is 438. The van der Waals surface area contributed by atoms with Crippen LogP contribution < -0.4 is 5.32 Å². The molecule has 6 nitrogen and oxygen atoms in total. The smallest absolute Gasteiger partial charge is 0.471 e. The molecule has 0 bridgehead atoms. The molecule has 1 N–H and O–H groups in total. The van der Waals surface area contributed by atoms with Gasteiger partial charge in [0.05, 0.1) is 18.4 Å². The van der Waals surface area contributed by atoms with Crippen LogP contribution in [0.15, 0.2) is 12.3 Å². The van der Waals surface area contributed by atoms with Crippen molar-refractivity contribution in [3.63, 3.8) is 0 Å². The molecule has 1 rings (SSSR count). The Morgan fingerprint density at radius 1 is 1.36 bits per heavy atom. The number of carbonyl (C=O) groups is 2. The maximum absolute atomic E-state index is 12.4. The van der Waals surface area contributed by atoms with E-state index in [9.17, 15) is 22.8 Å². The topological polar surface area (TPSA) is 73.9 Å². The predicted molar refractivity (Wildman–Crippen MR) is 68.4 cm³/mol. The number of alkyl halides is 3. The molecule has 4 atom stereocenters. The van der Waals surface area contributed by atoms with E-state index in [1.54, 1.807) is 13.0 Å². The summed E-state index contributed by atoms with van der Waals surface area (Å²) in [6.07, 6.45) is -4.84. The van der Waals surface area contributed by atoms with Crippen molar-refractivity contribution in [2.24, 2.45) is 0 Å². The second kappa shape index (κ2) is 7.48. The van der Waals surface area contributed by atoms with E-state index < -0.39 is 42.6 Å². The van der Waals surface area contributed by atoms with Gasteiger partial charge in [0.2, 0.25) is 6.29 Å². The van der Waals surface area contributed by atoms with Crippen LogP contribution in [0.1, 0.15) is 27.2 Å². The minimum atomic E-state index is -5.03. The number of hydrogen-bond acceptors (Lipinski definition) is 5. The number of nitrogens with one attached hydrogen (secondary N) is 1. The maximum atomic E-state index is 12.4. The van der Waals surface area contributed by atoms with Gasteiger partial charge in [0.1, 0.15) is 6.10 Å². The van der Waals surface area contributed by atoms with Gasteiger partial charge in [-0.05, 0) is 13.8 Å². The Morgan fingerprint density at radius 3 is 2.50 bits per heavy atom. The first-order chi connectivity index (χ1) is 10.1. The monoisotopic (exact) mass is 325 g/mol. The Morgan fingerprint density at radius 2 is 2.00 bits per heavy atom. The third kappa shape index (κ3) is 5.21. The Hall–Kier alpha value is -1.77. The van der Waals surface area contributed by atoms with Crippen LogP contribution in [0.5, 0.6) is 0 Å². The van der Waals surface area contributed by atoms with Crippen LogP contribution in [0.25, 0.3) is 0 Å². The van der Waals surface area contributed by atoms with Crippen LogP contribution in [0.2, 0.25) is 0 Å². The number of hydrogen-bond donors (Lipinski definition) is 1. The zero-order valence-electron chi connectivity index (χ0n) is 12.3. The summed E-state index contributed by atoms with van der Waals surface area (Å²) in [4.78, 5) is 22.2. The summed E-state index contributed by atoms with van der Waals surface area (Å²) in [6, 6.07) is -1.07. The highest BCUT2D eigenvalue weighted by Gasteiger charge is 2.45. The highest BCUT2D eigenvalue weighted by molar-refractivity contribution is 5.82. The molecule has 1 heterocycles. The number of rotatable bonds is 4. The molecule has 0 saturated carbocycles. The number of amides is 1. The Kier molecular flexibility index (Phi) is 6.21. The molecule has 9 heteroatoms. The second-order valence-electron chi connectivity index (χ2n) is 4.76. The molecule has 0 unspecified atom stereocenters. The number of allylic oxidation sites excluding steroid dienone is 1. The fourth-order valence-corrected chi connectivity index (χ4v) is 2.06. The molecule has 0 spiro atoms. The number of halogens is 3. The standard InChI is InChI=1S/C13H18F3NO5/c1-4-5-20-10-6-9(17-12(19)13(14,15)16)11(7(2)21-10)22-8(3)18/h4-5,7,9-11H,6H2,1-3H3,(H,17,19)/b5-4-/t7-,9-,10+,11-/m0/s1. The molecule has 1 fully saturated rings. The molecular formula is C13H18F3NO5. The van der Waals surface area contributed by atoms with Gasteiger partial charge in [-0.2, -0.15) is 13.2 Å². The van der Waals surface area contributed by atoms with E-state index in [1.807, 2.05) is 5.32 Å². The molecule has 1 aliphatic rings. The first-order valence-corrected chi connectivity index (χ1v) is 6.62. The van der Waals surface area contributed by atoms with Crippen molar-refractivity contribution in [2.45, 2.75) is 57.9 Å². The summed E-state index contributed by atoms with van der Waals surface area (Å²) in [5.74, 6) is -2.78. The predicted octanol–water partition coefficient (Wildman–Crippen LogP) is 1.65. The SMILES string of the molecule is C/C=C\O[C@H]1C[C@H](NC(=O)C(F)(F)F)[C@@H](OC(C)=O)[C@H](C)O1. The van der Waals surface area contributed by atoms with Gasteiger partial charge in [0.15, 0.2) is 0 Å². The van der Waals surface area contributed by atoms with Crippen LogP contribution in [-0.2, 0) is 23.8 Å². The molecular weight excluding hydrogens is 307 g/mol. The summed E-state index contributed by atoms with van der Waals surface area (Å²) in [7, 11) is 0. The van der Waals surface area contributed by atoms with E-state index in [4.69, 9.17) is 14.2 Å². The van der Waals surface area contributed by atoms with E-state index in [-0.39, 0.29) is 6.42 Å². The summed E-state index contributed by atoms with van der Waals surface area (Å²) in [5, 5.41) is 1.83. The molecule has 1 saturated heterocycles. The number of ether oxygens (including phenoxy) is 3. The molecule has 0 aliphatic carbocycles. The Labute approximate surface area is 125 Å². The molecule has 0 aromatic carbocycles. The van der Waals surface area contributed by atoms with Crippen LogP contribution in [0.4, 0.5) is 13.2 Å². The Balaban J connectivity index is 2.86. The summed E-state index contributed by atoms with van der Waals surface area (Å²) in [5.41, 5.74) is 0. The largest absolute Gasteiger partial charge is 0.473 e. The summed E-state index contributed by atoms with van der Waals surface area (Å²) in [6.45, 7) is 4.33. The van der Waals surface area contributed by atoms with Crippen molar-refractivity contribution in [3.8, 4) is 0 Å². The molecule has 1 aliphatic heterocycles. The molecule has 0 aromatic heterocycles. The molecule has 1 amide bonds. The molecule has 0 radical (unpaired) electrons. The first-order valence-electron chi connectivity index (χ1n) is 6.62. The average Bonchev–Trinajstić information content (AvgIpc) is 2.38. The lowest BCUT2D eigenvalue weighted by Gasteiger charge is -2.39.